The minimum absolute atomic E-state index is 0.503. The molecule has 1 saturated heterocycles. The van der Waals surface area contributed by atoms with E-state index in [0.29, 0.717) is 6.04 Å². The number of nitrogens with zero attached hydrogens (tertiary/aromatic N) is 2. The summed E-state index contributed by atoms with van der Waals surface area (Å²) in [5.74, 6) is 1.71. The van der Waals surface area contributed by atoms with E-state index in [2.05, 4.69) is 58.0 Å². The largest absolute Gasteiger partial charge is 0.489 e. The fourth-order valence-corrected chi connectivity index (χ4v) is 3.44. The third kappa shape index (κ3) is 2.12. The van der Waals surface area contributed by atoms with E-state index < -0.39 is 0 Å². The molecule has 0 radical (unpaired) electrons. The molecular formula is C14H19BrN2O. The van der Waals surface area contributed by atoms with Gasteiger partial charge < -0.3 is 14.5 Å². The summed E-state index contributed by atoms with van der Waals surface area (Å²) in [5, 5.41) is 0. The molecule has 3 rings (SSSR count). The molecular weight excluding hydrogens is 292 g/mol. The topological polar surface area (TPSA) is 15.7 Å². The summed E-state index contributed by atoms with van der Waals surface area (Å²) in [5.41, 5.74) is 1.21. The monoisotopic (exact) mass is 310 g/mol. The molecule has 0 aliphatic carbocycles. The lowest BCUT2D eigenvalue weighted by molar-refractivity contribution is 0.223. The zero-order chi connectivity index (χ0) is 12.7. The maximum absolute atomic E-state index is 5.94. The first-order valence-corrected chi connectivity index (χ1v) is 7.28. The second kappa shape index (κ2) is 4.74. The van der Waals surface area contributed by atoms with Crippen molar-refractivity contribution < 1.29 is 4.74 Å². The molecule has 2 aliphatic rings. The Bertz CT molecular complexity index is 451. The Hall–Kier alpha value is -0.740. The molecule has 3 nitrogen and oxygen atoms in total. The fraction of sp³-hybridized carbons (Fsp3) is 0.571. The summed E-state index contributed by atoms with van der Waals surface area (Å²) in [6.07, 6.45) is 1.28. The molecule has 2 aliphatic heterocycles. The van der Waals surface area contributed by atoms with Crippen molar-refractivity contribution in [1.82, 2.24) is 4.90 Å². The van der Waals surface area contributed by atoms with E-state index in [-0.39, 0.29) is 0 Å². The first-order chi connectivity index (χ1) is 8.65. The number of halogens is 1. The second-order valence-corrected chi connectivity index (χ2v) is 6.33. The predicted octanol–water partition coefficient (Wildman–Crippen LogP) is 2.60. The first kappa shape index (κ1) is 12.3. The molecule has 2 atom stereocenters. The van der Waals surface area contributed by atoms with Crippen molar-refractivity contribution in [3.05, 3.63) is 22.7 Å². The van der Waals surface area contributed by atoms with Gasteiger partial charge in [0.25, 0.3) is 0 Å². The van der Waals surface area contributed by atoms with Crippen LogP contribution in [-0.2, 0) is 0 Å². The minimum atomic E-state index is 0.503. The van der Waals surface area contributed by atoms with Crippen LogP contribution in [-0.4, -0.2) is 44.7 Å². The highest BCUT2D eigenvalue weighted by Crippen LogP contribution is 2.38. The molecule has 4 heteroatoms. The number of anilines is 1. The molecule has 2 unspecified atom stereocenters. The van der Waals surface area contributed by atoms with E-state index in [1.165, 1.54) is 25.2 Å². The fourth-order valence-electron chi connectivity index (χ4n) is 3.10. The SMILES string of the molecule is CN1CCC(C2COc3cc(Br)ccc3N2C)C1. The van der Waals surface area contributed by atoms with Crippen LogP contribution in [0, 0.1) is 5.92 Å². The van der Waals surface area contributed by atoms with Gasteiger partial charge in [0.2, 0.25) is 0 Å². The van der Waals surface area contributed by atoms with Gasteiger partial charge in [0.1, 0.15) is 12.4 Å². The maximum Gasteiger partial charge on any atom is 0.143 e. The van der Waals surface area contributed by atoms with Crippen molar-refractivity contribution in [3.8, 4) is 5.75 Å². The number of ether oxygens (including phenoxy) is 1. The molecule has 0 amide bonds. The summed E-state index contributed by atoms with van der Waals surface area (Å²) in [6.45, 7) is 3.20. The Balaban J connectivity index is 1.83. The second-order valence-electron chi connectivity index (χ2n) is 5.41. The normalized spacial score (nSPS) is 28.1. The van der Waals surface area contributed by atoms with Gasteiger partial charge in [-0.25, -0.2) is 0 Å². The molecule has 2 heterocycles. The molecule has 0 N–H and O–H groups in total. The summed E-state index contributed by atoms with van der Waals surface area (Å²) >= 11 is 3.49. The highest BCUT2D eigenvalue weighted by molar-refractivity contribution is 9.10. The lowest BCUT2D eigenvalue weighted by Crippen LogP contribution is -2.46. The maximum atomic E-state index is 5.94. The molecule has 18 heavy (non-hydrogen) atoms. The van der Waals surface area contributed by atoms with Crippen molar-refractivity contribution in [2.75, 3.05) is 38.7 Å². The first-order valence-electron chi connectivity index (χ1n) is 6.49. The van der Waals surface area contributed by atoms with Crippen molar-refractivity contribution in [1.29, 1.82) is 0 Å². The third-order valence-corrected chi connectivity index (χ3v) is 4.67. The molecule has 1 aromatic carbocycles. The number of benzene rings is 1. The van der Waals surface area contributed by atoms with Crippen molar-refractivity contribution in [2.45, 2.75) is 12.5 Å². The molecule has 0 spiro atoms. The summed E-state index contributed by atoms with van der Waals surface area (Å²) in [7, 11) is 4.40. The van der Waals surface area contributed by atoms with Crippen molar-refractivity contribution in [3.63, 3.8) is 0 Å². The zero-order valence-electron chi connectivity index (χ0n) is 10.9. The van der Waals surface area contributed by atoms with E-state index in [1.54, 1.807) is 0 Å². The van der Waals surface area contributed by atoms with Crippen LogP contribution in [0.5, 0.6) is 5.75 Å². The van der Waals surface area contributed by atoms with Crippen LogP contribution >= 0.6 is 15.9 Å². The Morgan fingerprint density at radius 2 is 2.17 bits per heavy atom. The zero-order valence-corrected chi connectivity index (χ0v) is 12.5. The van der Waals surface area contributed by atoms with E-state index >= 15 is 0 Å². The van der Waals surface area contributed by atoms with Gasteiger partial charge in [-0.1, -0.05) is 15.9 Å². The van der Waals surface area contributed by atoms with Crippen LogP contribution in [0.3, 0.4) is 0 Å². The summed E-state index contributed by atoms with van der Waals surface area (Å²) < 4.78 is 7.02. The van der Waals surface area contributed by atoms with Gasteiger partial charge in [0.05, 0.1) is 11.7 Å². The highest BCUT2D eigenvalue weighted by atomic mass is 79.9. The van der Waals surface area contributed by atoms with Crippen LogP contribution in [0.4, 0.5) is 5.69 Å². The van der Waals surface area contributed by atoms with Crippen molar-refractivity contribution >= 4 is 21.6 Å². The lowest BCUT2D eigenvalue weighted by Gasteiger charge is -2.39. The number of fused-ring (bicyclic) bond motifs is 1. The van der Waals surface area contributed by atoms with Gasteiger partial charge in [0.15, 0.2) is 0 Å². The molecule has 0 saturated carbocycles. The number of likely N-dealkylation sites (N-methyl/N-ethyl adjacent to an activating group) is 1. The number of rotatable bonds is 1. The summed E-state index contributed by atoms with van der Waals surface area (Å²) in [6, 6.07) is 6.79. The quantitative estimate of drug-likeness (QED) is 0.793. The van der Waals surface area contributed by atoms with Crippen molar-refractivity contribution in [2.24, 2.45) is 5.92 Å². The molecule has 98 valence electrons. The van der Waals surface area contributed by atoms with E-state index in [0.717, 1.165) is 22.7 Å². The molecule has 1 fully saturated rings. The predicted molar refractivity (Wildman–Crippen MR) is 77.4 cm³/mol. The average Bonchev–Trinajstić information content (AvgIpc) is 2.76. The van der Waals surface area contributed by atoms with E-state index in [9.17, 15) is 0 Å². The van der Waals surface area contributed by atoms with Gasteiger partial charge in [-0.15, -0.1) is 0 Å². The number of hydrogen-bond acceptors (Lipinski definition) is 3. The molecule has 1 aromatic rings. The minimum Gasteiger partial charge on any atom is -0.489 e. The number of likely N-dealkylation sites (tertiary alicyclic amines) is 1. The molecule has 0 aromatic heterocycles. The Labute approximate surface area is 117 Å². The third-order valence-electron chi connectivity index (χ3n) is 4.18. The highest BCUT2D eigenvalue weighted by Gasteiger charge is 2.34. The van der Waals surface area contributed by atoms with Gasteiger partial charge in [-0.05, 0) is 44.1 Å². The van der Waals surface area contributed by atoms with Gasteiger partial charge in [-0.2, -0.15) is 0 Å². The van der Waals surface area contributed by atoms with E-state index in [1.807, 2.05) is 0 Å². The van der Waals surface area contributed by atoms with Crippen LogP contribution < -0.4 is 9.64 Å². The Morgan fingerprint density at radius 1 is 1.33 bits per heavy atom. The lowest BCUT2D eigenvalue weighted by atomic mass is 9.96. The van der Waals surface area contributed by atoms with Gasteiger partial charge in [0, 0.05) is 18.1 Å². The molecule has 0 bridgehead atoms. The smallest absolute Gasteiger partial charge is 0.143 e. The number of hydrogen-bond donors (Lipinski definition) is 0. The van der Waals surface area contributed by atoms with Crippen LogP contribution in [0.25, 0.3) is 0 Å². The van der Waals surface area contributed by atoms with Crippen LogP contribution in [0.15, 0.2) is 22.7 Å². The van der Waals surface area contributed by atoms with Gasteiger partial charge >= 0.3 is 0 Å². The summed E-state index contributed by atoms with van der Waals surface area (Å²) in [4.78, 5) is 4.81. The standard InChI is InChI=1S/C14H19BrN2O/c1-16-6-5-10(8-16)13-9-18-14-7-11(15)3-4-12(14)17(13)2/h3-4,7,10,13H,5-6,8-9H2,1-2H3. The van der Waals surface area contributed by atoms with E-state index in [4.69, 9.17) is 4.74 Å². The van der Waals surface area contributed by atoms with Crippen LogP contribution in [0.1, 0.15) is 6.42 Å². The Morgan fingerprint density at radius 3 is 2.89 bits per heavy atom. The van der Waals surface area contributed by atoms with Crippen LogP contribution in [0.2, 0.25) is 0 Å². The Kier molecular flexibility index (Phi) is 3.24. The average molecular weight is 311 g/mol. The van der Waals surface area contributed by atoms with Gasteiger partial charge in [-0.3, -0.25) is 0 Å².